The van der Waals surface area contributed by atoms with E-state index in [1.807, 2.05) is 6.07 Å². The number of para-hydroxylation sites is 1. The van der Waals surface area contributed by atoms with Crippen LogP contribution in [-0.4, -0.2) is 38.7 Å². The lowest BCUT2D eigenvalue weighted by Gasteiger charge is -2.30. The molecule has 6 nitrogen and oxygen atoms in total. The van der Waals surface area contributed by atoms with Crippen molar-refractivity contribution in [2.75, 3.05) is 24.2 Å². The average molecular weight is 339 g/mol. The van der Waals surface area contributed by atoms with Crippen molar-refractivity contribution in [3.05, 3.63) is 18.2 Å². The first-order valence-corrected chi connectivity index (χ1v) is 9.71. The molecule has 2 aromatic rings. The summed E-state index contributed by atoms with van der Waals surface area (Å²) in [5.74, 6) is -0.319. The van der Waals surface area contributed by atoms with Crippen LogP contribution in [0, 0.1) is 5.92 Å². The Morgan fingerprint density at radius 2 is 2.05 bits per heavy atom. The normalized spacial score (nSPS) is 17.0. The molecule has 0 bridgehead atoms. The number of nitrogens with two attached hydrogens (primary N) is 1. The van der Waals surface area contributed by atoms with Gasteiger partial charge in [0.25, 0.3) is 0 Å². The van der Waals surface area contributed by atoms with E-state index in [-0.39, 0.29) is 16.7 Å². The van der Waals surface area contributed by atoms with Crippen LogP contribution >= 0.6 is 11.3 Å². The Bertz CT molecular complexity index is 821. The Hall–Kier alpha value is -1.67. The molecular formula is C14H17N3O3S2. The zero-order valence-corrected chi connectivity index (χ0v) is 13.8. The van der Waals surface area contributed by atoms with E-state index in [1.165, 1.54) is 17.6 Å². The summed E-state index contributed by atoms with van der Waals surface area (Å²) in [6.07, 6.45) is 2.62. The Balaban J connectivity index is 1.92. The molecule has 2 N–H and O–H groups in total. The van der Waals surface area contributed by atoms with Gasteiger partial charge in [-0.25, -0.2) is 13.4 Å². The number of nitrogens with zero attached hydrogens (tertiary/aromatic N) is 2. The monoisotopic (exact) mass is 339 g/mol. The number of aromatic nitrogens is 1. The van der Waals surface area contributed by atoms with Crippen LogP contribution in [0.1, 0.15) is 12.8 Å². The first kappa shape index (κ1) is 15.2. The van der Waals surface area contributed by atoms with E-state index in [4.69, 9.17) is 5.73 Å². The number of amides is 1. The molecule has 22 heavy (non-hydrogen) atoms. The number of thiazole rings is 1. The number of piperidine rings is 1. The Morgan fingerprint density at radius 1 is 1.36 bits per heavy atom. The number of anilines is 1. The van der Waals surface area contributed by atoms with Gasteiger partial charge in [0, 0.05) is 25.3 Å². The fraction of sp³-hybridized carbons (Fsp3) is 0.429. The third-order valence-electron chi connectivity index (χ3n) is 3.94. The molecule has 1 saturated heterocycles. The van der Waals surface area contributed by atoms with Gasteiger partial charge in [0.1, 0.15) is 5.52 Å². The lowest BCUT2D eigenvalue weighted by molar-refractivity contribution is -0.122. The maximum absolute atomic E-state index is 11.8. The summed E-state index contributed by atoms with van der Waals surface area (Å²) in [4.78, 5) is 18.1. The molecule has 1 aliphatic rings. The largest absolute Gasteiger partial charge is 0.369 e. The Labute approximate surface area is 132 Å². The van der Waals surface area contributed by atoms with E-state index in [0.29, 0.717) is 31.4 Å². The highest BCUT2D eigenvalue weighted by molar-refractivity contribution is 7.91. The summed E-state index contributed by atoms with van der Waals surface area (Å²) in [5.41, 5.74) is 5.87. The van der Waals surface area contributed by atoms with Crippen LogP contribution in [0.15, 0.2) is 23.1 Å². The highest BCUT2D eigenvalue weighted by atomic mass is 32.2. The Morgan fingerprint density at radius 3 is 2.64 bits per heavy atom. The van der Waals surface area contributed by atoms with Crippen molar-refractivity contribution in [3.8, 4) is 0 Å². The average Bonchev–Trinajstić information content (AvgIpc) is 2.90. The third kappa shape index (κ3) is 2.80. The van der Waals surface area contributed by atoms with Crippen LogP contribution in [0.4, 0.5) is 5.13 Å². The van der Waals surface area contributed by atoms with E-state index in [0.717, 1.165) is 9.83 Å². The number of sulfone groups is 1. The number of benzene rings is 1. The molecule has 3 rings (SSSR count). The van der Waals surface area contributed by atoms with Crippen molar-refractivity contribution < 1.29 is 13.2 Å². The van der Waals surface area contributed by atoms with E-state index in [1.54, 1.807) is 12.1 Å². The molecule has 0 saturated carbocycles. The number of carbonyl (C=O) groups is 1. The summed E-state index contributed by atoms with van der Waals surface area (Å²) in [7, 11) is -3.30. The minimum atomic E-state index is -3.30. The van der Waals surface area contributed by atoms with Crippen LogP contribution in [-0.2, 0) is 14.6 Å². The fourth-order valence-electron chi connectivity index (χ4n) is 2.70. The minimum absolute atomic E-state index is 0.0720. The predicted molar refractivity (Wildman–Crippen MR) is 86.9 cm³/mol. The van der Waals surface area contributed by atoms with Crippen molar-refractivity contribution in [1.82, 2.24) is 4.98 Å². The number of primary amides is 1. The van der Waals surface area contributed by atoms with Crippen molar-refractivity contribution in [2.45, 2.75) is 17.7 Å². The molecule has 1 fully saturated rings. The van der Waals surface area contributed by atoms with Crippen molar-refractivity contribution in [1.29, 1.82) is 0 Å². The number of hydrogen-bond acceptors (Lipinski definition) is 6. The molecule has 1 aliphatic heterocycles. The lowest BCUT2D eigenvalue weighted by atomic mass is 9.97. The second-order valence-corrected chi connectivity index (χ2v) is 8.53. The highest BCUT2D eigenvalue weighted by Gasteiger charge is 2.25. The molecule has 1 aromatic carbocycles. The summed E-state index contributed by atoms with van der Waals surface area (Å²) < 4.78 is 24.6. The number of rotatable bonds is 3. The van der Waals surface area contributed by atoms with Gasteiger partial charge in [-0.05, 0) is 25.0 Å². The van der Waals surface area contributed by atoms with Gasteiger partial charge in [0.15, 0.2) is 15.0 Å². The second kappa shape index (κ2) is 5.51. The van der Waals surface area contributed by atoms with Crippen LogP contribution < -0.4 is 10.6 Å². The smallest absolute Gasteiger partial charge is 0.220 e. The van der Waals surface area contributed by atoms with Crippen LogP contribution in [0.25, 0.3) is 10.2 Å². The molecule has 0 spiro atoms. The quantitative estimate of drug-likeness (QED) is 0.912. The number of carbonyl (C=O) groups excluding carboxylic acids is 1. The van der Waals surface area contributed by atoms with E-state index >= 15 is 0 Å². The minimum Gasteiger partial charge on any atom is -0.369 e. The van der Waals surface area contributed by atoms with Crippen LogP contribution in [0.3, 0.4) is 0 Å². The van der Waals surface area contributed by atoms with Gasteiger partial charge < -0.3 is 10.6 Å². The molecule has 0 atom stereocenters. The van der Waals surface area contributed by atoms with Crippen molar-refractivity contribution in [3.63, 3.8) is 0 Å². The van der Waals surface area contributed by atoms with Gasteiger partial charge >= 0.3 is 0 Å². The number of fused-ring (bicyclic) bond motifs is 1. The summed E-state index contributed by atoms with van der Waals surface area (Å²) in [6, 6.07) is 5.20. The third-order valence-corrected chi connectivity index (χ3v) is 6.15. The first-order chi connectivity index (χ1) is 10.4. The highest BCUT2D eigenvalue weighted by Crippen LogP contribution is 2.34. The zero-order valence-electron chi connectivity index (χ0n) is 12.2. The van der Waals surface area contributed by atoms with Gasteiger partial charge in [-0.1, -0.05) is 17.4 Å². The van der Waals surface area contributed by atoms with Gasteiger partial charge in [0.05, 0.1) is 9.60 Å². The maximum Gasteiger partial charge on any atom is 0.220 e. The molecule has 1 aromatic heterocycles. The fourth-order valence-corrected chi connectivity index (χ4v) is 4.64. The van der Waals surface area contributed by atoms with Crippen molar-refractivity contribution in [2.24, 2.45) is 11.7 Å². The second-order valence-electron chi connectivity index (χ2n) is 5.54. The topological polar surface area (TPSA) is 93.4 Å². The summed E-state index contributed by atoms with van der Waals surface area (Å²) >= 11 is 1.48. The molecule has 118 valence electrons. The maximum atomic E-state index is 11.8. The van der Waals surface area contributed by atoms with Gasteiger partial charge in [0.2, 0.25) is 5.91 Å². The van der Waals surface area contributed by atoms with Crippen LogP contribution in [0.2, 0.25) is 0 Å². The van der Waals surface area contributed by atoms with Gasteiger partial charge in [-0.3, -0.25) is 4.79 Å². The van der Waals surface area contributed by atoms with E-state index in [9.17, 15) is 13.2 Å². The Kier molecular flexibility index (Phi) is 3.82. The zero-order chi connectivity index (χ0) is 15.9. The SMILES string of the molecule is CS(=O)(=O)c1cccc2sc(N3CCC(C(N)=O)CC3)nc12. The molecule has 0 aliphatic carbocycles. The molecule has 2 heterocycles. The first-order valence-electron chi connectivity index (χ1n) is 7.00. The molecule has 8 heteroatoms. The summed E-state index contributed by atoms with van der Waals surface area (Å²) in [5, 5.41) is 0.800. The molecule has 0 radical (unpaired) electrons. The molecule has 1 amide bonds. The number of hydrogen-bond donors (Lipinski definition) is 1. The van der Waals surface area contributed by atoms with Crippen LogP contribution in [0.5, 0.6) is 0 Å². The predicted octanol–water partition coefficient (Wildman–Crippen LogP) is 1.40. The lowest BCUT2D eigenvalue weighted by Crippen LogP contribution is -2.38. The summed E-state index contributed by atoms with van der Waals surface area (Å²) in [6.45, 7) is 1.42. The van der Waals surface area contributed by atoms with Gasteiger partial charge in [-0.2, -0.15) is 0 Å². The van der Waals surface area contributed by atoms with E-state index in [2.05, 4.69) is 9.88 Å². The molecular weight excluding hydrogens is 322 g/mol. The standard InChI is InChI=1S/C14H17N3O3S2/c1-22(19,20)11-4-2-3-10-12(11)16-14(21-10)17-7-5-9(6-8-17)13(15)18/h2-4,9H,5-8H2,1H3,(H2,15,18). The van der Waals surface area contributed by atoms with E-state index < -0.39 is 9.84 Å². The van der Waals surface area contributed by atoms with Crippen molar-refractivity contribution >= 4 is 42.4 Å². The molecule has 0 unspecified atom stereocenters. The van der Waals surface area contributed by atoms with Gasteiger partial charge in [-0.15, -0.1) is 0 Å².